The average molecular weight is 586 g/mol. The number of rotatable bonds is 8. The van der Waals surface area contributed by atoms with Gasteiger partial charge in [-0.2, -0.15) is 0 Å². The summed E-state index contributed by atoms with van der Waals surface area (Å²) in [6.07, 6.45) is 2.52. The molecule has 1 amide bonds. The fourth-order valence-electron chi connectivity index (χ4n) is 4.77. The van der Waals surface area contributed by atoms with Gasteiger partial charge < -0.3 is 29.2 Å². The summed E-state index contributed by atoms with van der Waals surface area (Å²) in [6.45, 7) is 10.6. The van der Waals surface area contributed by atoms with Crippen LogP contribution in [0.5, 0.6) is 17.2 Å². The number of halogens is 2. The Balaban J connectivity index is 1.35. The molecule has 1 N–H and O–H groups in total. The summed E-state index contributed by atoms with van der Waals surface area (Å²) in [6, 6.07) is 8.92. The first-order valence-corrected chi connectivity index (χ1v) is 13.6. The van der Waals surface area contributed by atoms with E-state index in [0.717, 1.165) is 17.4 Å². The highest BCUT2D eigenvalue weighted by molar-refractivity contribution is 5.70. The van der Waals surface area contributed by atoms with Gasteiger partial charge in [0.25, 0.3) is 0 Å². The lowest BCUT2D eigenvalue weighted by molar-refractivity contribution is 0.00566. The molecule has 4 rings (SSSR count). The molecular weight excluding hydrogens is 548 g/mol. The highest BCUT2D eigenvalue weighted by Gasteiger charge is 2.35. The molecule has 1 fully saturated rings. The Morgan fingerprint density at radius 2 is 1.52 bits per heavy atom. The number of nitrogens with zero attached hydrogens (tertiary/aromatic N) is 4. The van der Waals surface area contributed by atoms with Gasteiger partial charge in [-0.05, 0) is 58.9 Å². The number of amides is 1. The van der Waals surface area contributed by atoms with E-state index >= 15 is 0 Å². The van der Waals surface area contributed by atoms with Crippen LogP contribution in [0.1, 0.15) is 40.2 Å². The summed E-state index contributed by atoms with van der Waals surface area (Å²) in [4.78, 5) is 25.2. The number of hydrogen-bond donors (Lipinski definition) is 1. The molecule has 1 aliphatic rings. The molecule has 0 radical (unpaired) electrons. The van der Waals surface area contributed by atoms with Gasteiger partial charge in [0.05, 0.1) is 44.3 Å². The lowest BCUT2D eigenvalue weighted by atomic mass is 10.1. The zero-order valence-electron chi connectivity index (χ0n) is 24.9. The van der Waals surface area contributed by atoms with E-state index < -0.39 is 23.8 Å². The first-order chi connectivity index (χ1) is 19.9. The van der Waals surface area contributed by atoms with Gasteiger partial charge in [-0.15, -0.1) is 0 Å². The standard InChI is InChI=1S/C30H37F2N5O5/c1-18-15-36(16-19(2)37(18)29(38)42-30(3,4)5)21-10-8-20(9-11-21)35-28-33-13-22(14-34-28)41-17-23-26(31)24(39-6)12-25(40-7)27(23)32/h8-14,18-19H,15-17H2,1-7H3,(H,33,34,35)/t18-,19+. The van der Waals surface area contributed by atoms with Crippen LogP contribution in [0.25, 0.3) is 0 Å². The maximum atomic E-state index is 14.6. The third kappa shape index (κ3) is 7.10. The SMILES string of the molecule is COc1cc(OC)c(F)c(COc2cnc(Nc3ccc(N4C[C@@H](C)N(C(=O)OC(C)(C)C)[C@@H](C)C4)cc3)nc2)c1F. The van der Waals surface area contributed by atoms with Crippen molar-refractivity contribution in [3.05, 3.63) is 59.9 Å². The second kappa shape index (κ2) is 12.7. The zero-order valence-corrected chi connectivity index (χ0v) is 24.9. The average Bonchev–Trinajstić information content (AvgIpc) is 2.93. The quantitative estimate of drug-likeness (QED) is 0.345. The summed E-state index contributed by atoms with van der Waals surface area (Å²) in [5, 5.41) is 3.13. The van der Waals surface area contributed by atoms with Crippen LogP contribution in [0.3, 0.4) is 0 Å². The lowest BCUT2D eigenvalue weighted by Gasteiger charge is -2.45. The number of hydrogen-bond acceptors (Lipinski definition) is 9. The van der Waals surface area contributed by atoms with Gasteiger partial charge in [0.1, 0.15) is 12.2 Å². The predicted octanol–water partition coefficient (Wildman–Crippen LogP) is 5.93. The van der Waals surface area contributed by atoms with E-state index in [-0.39, 0.29) is 41.0 Å². The highest BCUT2D eigenvalue weighted by atomic mass is 19.1. The number of methoxy groups -OCH3 is 2. The van der Waals surface area contributed by atoms with Crippen molar-refractivity contribution in [2.75, 3.05) is 37.5 Å². The van der Waals surface area contributed by atoms with E-state index in [2.05, 4.69) is 20.2 Å². The smallest absolute Gasteiger partial charge is 0.410 e. The number of aromatic nitrogens is 2. The Bertz CT molecular complexity index is 1340. The third-order valence-electron chi connectivity index (χ3n) is 6.69. The molecule has 3 aromatic rings. The summed E-state index contributed by atoms with van der Waals surface area (Å²) in [5.74, 6) is -1.49. The first kappa shape index (κ1) is 30.6. The fraction of sp³-hybridized carbons (Fsp3) is 0.433. The number of carbonyl (C=O) groups is 1. The molecule has 2 heterocycles. The molecule has 2 aromatic carbocycles. The molecule has 1 saturated heterocycles. The molecular formula is C30H37F2N5O5. The van der Waals surface area contributed by atoms with Crippen molar-refractivity contribution in [2.24, 2.45) is 0 Å². The molecule has 0 spiro atoms. The topological polar surface area (TPSA) is 98.3 Å². The fourth-order valence-corrected chi connectivity index (χ4v) is 4.77. The van der Waals surface area contributed by atoms with Crippen LogP contribution in [0.4, 0.5) is 30.9 Å². The molecule has 12 heteroatoms. The molecule has 0 aliphatic carbocycles. The highest BCUT2D eigenvalue weighted by Crippen LogP contribution is 2.32. The molecule has 1 aliphatic heterocycles. The third-order valence-corrected chi connectivity index (χ3v) is 6.69. The Hall–Kier alpha value is -4.35. The van der Waals surface area contributed by atoms with Crippen molar-refractivity contribution < 1.29 is 32.5 Å². The predicted molar refractivity (Wildman–Crippen MR) is 155 cm³/mol. The second-order valence-electron chi connectivity index (χ2n) is 11.1. The van der Waals surface area contributed by atoms with Crippen LogP contribution in [0.2, 0.25) is 0 Å². The Morgan fingerprint density at radius 1 is 0.976 bits per heavy atom. The lowest BCUT2D eigenvalue weighted by Crippen LogP contribution is -2.59. The number of benzene rings is 2. The van der Waals surface area contributed by atoms with Crippen molar-refractivity contribution in [1.82, 2.24) is 14.9 Å². The summed E-state index contributed by atoms with van der Waals surface area (Å²) >= 11 is 0. The minimum absolute atomic E-state index is 0.0190. The maximum Gasteiger partial charge on any atom is 0.410 e. The van der Waals surface area contributed by atoms with Crippen LogP contribution < -0.4 is 24.4 Å². The number of piperazine rings is 1. The number of nitrogens with one attached hydrogen (secondary N) is 1. The van der Waals surface area contributed by atoms with E-state index in [0.29, 0.717) is 19.0 Å². The van der Waals surface area contributed by atoms with Crippen LogP contribution in [-0.4, -0.2) is 66.0 Å². The van der Waals surface area contributed by atoms with Crippen molar-refractivity contribution in [2.45, 2.75) is 58.9 Å². The van der Waals surface area contributed by atoms with E-state index in [1.807, 2.05) is 63.8 Å². The summed E-state index contributed by atoms with van der Waals surface area (Å²) < 4.78 is 50.2. The van der Waals surface area contributed by atoms with E-state index in [4.69, 9.17) is 18.9 Å². The Morgan fingerprint density at radius 3 is 2.02 bits per heavy atom. The molecule has 0 saturated carbocycles. The number of anilines is 3. The largest absolute Gasteiger partial charge is 0.494 e. The van der Waals surface area contributed by atoms with E-state index in [1.54, 1.807) is 0 Å². The van der Waals surface area contributed by atoms with Gasteiger partial charge in [0, 0.05) is 30.5 Å². The minimum atomic E-state index is -0.868. The van der Waals surface area contributed by atoms with Crippen molar-refractivity contribution >= 4 is 23.4 Å². The Kier molecular flexibility index (Phi) is 9.23. The molecule has 1 aromatic heterocycles. The van der Waals surface area contributed by atoms with Gasteiger partial charge in [0.15, 0.2) is 28.9 Å². The zero-order chi connectivity index (χ0) is 30.6. The summed E-state index contributed by atoms with van der Waals surface area (Å²) in [7, 11) is 2.56. The number of carbonyl (C=O) groups excluding carboxylic acids is 1. The normalized spacial score (nSPS) is 17.1. The Labute approximate surface area is 244 Å². The van der Waals surface area contributed by atoms with Crippen molar-refractivity contribution in [3.8, 4) is 17.2 Å². The monoisotopic (exact) mass is 585 g/mol. The van der Waals surface area contributed by atoms with Crippen molar-refractivity contribution in [3.63, 3.8) is 0 Å². The molecule has 0 unspecified atom stereocenters. The molecule has 2 atom stereocenters. The van der Waals surface area contributed by atoms with Crippen LogP contribution in [0.15, 0.2) is 42.7 Å². The van der Waals surface area contributed by atoms with Gasteiger partial charge in [0.2, 0.25) is 5.95 Å². The van der Waals surface area contributed by atoms with Crippen molar-refractivity contribution in [1.29, 1.82) is 0 Å². The van der Waals surface area contributed by atoms with E-state index in [9.17, 15) is 13.6 Å². The molecule has 10 nitrogen and oxygen atoms in total. The number of ether oxygens (including phenoxy) is 4. The minimum Gasteiger partial charge on any atom is -0.494 e. The maximum absolute atomic E-state index is 14.6. The van der Waals surface area contributed by atoms with Crippen LogP contribution in [0, 0.1) is 11.6 Å². The molecule has 226 valence electrons. The van der Waals surface area contributed by atoms with Gasteiger partial charge in [-0.3, -0.25) is 4.90 Å². The van der Waals surface area contributed by atoms with Gasteiger partial charge in [-0.25, -0.2) is 23.5 Å². The van der Waals surface area contributed by atoms with Gasteiger partial charge in [-0.1, -0.05) is 0 Å². The van der Waals surface area contributed by atoms with Crippen LogP contribution >= 0.6 is 0 Å². The van der Waals surface area contributed by atoms with E-state index in [1.165, 1.54) is 26.6 Å². The summed E-state index contributed by atoms with van der Waals surface area (Å²) in [5.41, 5.74) is 0.927. The van der Waals surface area contributed by atoms with Gasteiger partial charge >= 0.3 is 6.09 Å². The second-order valence-corrected chi connectivity index (χ2v) is 11.1. The first-order valence-electron chi connectivity index (χ1n) is 13.6. The molecule has 0 bridgehead atoms. The van der Waals surface area contributed by atoms with Crippen LogP contribution in [-0.2, 0) is 11.3 Å². The molecule has 42 heavy (non-hydrogen) atoms.